The average Bonchev–Trinajstić information content (AvgIpc) is 3.47. The lowest BCUT2D eigenvalue weighted by molar-refractivity contribution is 0.489. The summed E-state index contributed by atoms with van der Waals surface area (Å²) in [6, 6.07) is 18.0. The molecule has 4 heterocycles. The lowest BCUT2D eigenvalue weighted by atomic mass is 10.2. The largest absolute Gasteiger partial charge is 0.431 e. The number of hydrogen-bond donors (Lipinski definition) is 0. The second-order valence-corrected chi connectivity index (χ2v) is 8.28. The molecule has 0 saturated heterocycles. The van der Waals surface area contributed by atoms with E-state index in [0.29, 0.717) is 16.8 Å². The number of nitrogens with zero attached hydrogens (tertiary/aromatic N) is 6. The molecule has 8 heteroatoms. The van der Waals surface area contributed by atoms with Crippen molar-refractivity contribution >= 4 is 39.5 Å². The number of rotatable bonds is 4. The molecule has 0 aliphatic rings. The first-order valence-corrected chi connectivity index (χ1v) is 10.9. The van der Waals surface area contributed by atoms with Gasteiger partial charge in [0.05, 0.1) is 11.1 Å². The second kappa shape index (κ2) is 6.95. The SMILES string of the molecule is Cc1c(C)n(-c2ccccc2)c2ncn3nc(CSc4nc5ccccc5o4)nc3c12. The molecule has 0 aliphatic carbocycles. The van der Waals surface area contributed by atoms with Gasteiger partial charge in [0, 0.05) is 11.4 Å². The molecule has 6 rings (SSSR count). The maximum atomic E-state index is 5.80. The number of aromatic nitrogens is 6. The second-order valence-electron chi connectivity index (χ2n) is 7.36. The molecule has 152 valence electrons. The normalized spacial score (nSPS) is 11.8. The molecule has 2 aromatic carbocycles. The van der Waals surface area contributed by atoms with Crippen LogP contribution in [0.1, 0.15) is 17.1 Å². The molecule has 0 bridgehead atoms. The summed E-state index contributed by atoms with van der Waals surface area (Å²) in [5, 5.41) is 6.27. The summed E-state index contributed by atoms with van der Waals surface area (Å²) in [6.45, 7) is 4.22. The van der Waals surface area contributed by atoms with E-state index in [0.717, 1.165) is 44.7 Å². The fourth-order valence-corrected chi connectivity index (χ4v) is 4.58. The minimum atomic E-state index is 0.563. The highest BCUT2D eigenvalue weighted by atomic mass is 32.2. The molecule has 0 spiro atoms. The van der Waals surface area contributed by atoms with Crippen molar-refractivity contribution in [3.63, 3.8) is 0 Å². The summed E-state index contributed by atoms with van der Waals surface area (Å²) in [6.07, 6.45) is 1.73. The van der Waals surface area contributed by atoms with Crippen molar-refractivity contribution in [1.29, 1.82) is 0 Å². The van der Waals surface area contributed by atoms with Crippen molar-refractivity contribution in [2.75, 3.05) is 0 Å². The third-order valence-corrected chi connectivity index (χ3v) is 6.31. The lowest BCUT2D eigenvalue weighted by Gasteiger charge is -2.07. The van der Waals surface area contributed by atoms with Gasteiger partial charge < -0.3 is 4.42 Å². The Labute approximate surface area is 181 Å². The molecule has 31 heavy (non-hydrogen) atoms. The van der Waals surface area contributed by atoms with Gasteiger partial charge in [-0.1, -0.05) is 42.1 Å². The summed E-state index contributed by atoms with van der Waals surface area (Å²) < 4.78 is 9.72. The number of thioether (sulfide) groups is 1. The van der Waals surface area contributed by atoms with Gasteiger partial charge in [-0.2, -0.15) is 0 Å². The summed E-state index contributed by atoms with van der Waals surface area (Å²) in [7, 11) is 0. The van der Waals surface area contributed by atoms with Crippen LogP contribution in [0.5, 0.6) is 0 Å². The summed E-state index contributed by atoms with van der Waals surface area (Å²) in [4.78, 5) is 14.1. The Bertz CT molecular complexity index is 1530. The zero-order valence-electron chi connectivity index (χ0n) is 17.0. The standard InChI is InChI=1S/C23H18N6OS/c1-14-15(2)29(16-8-4-3-5-9-16)21-20(14)22-26-19(27-28(22)13-24-21)12-31-23-25-17-10-6-7-11-18(17)30-23/h3-11,13H,12H2,1-2H3. The zero-order chi connectivity index (χ0) is 20.9. The fraction of sp³-hybridized carbons (Fsp3) is 0.130. The van der Waals surface area contributed by atoms with Gasteiger partial charge in [0.2, 0.25) is 0 Å². The van der Waals surface area contributed by atoms with Gasteiger partial charge in [-0.3, -0.25) is 4.57 Å². The van der Waals surface area contributed by atoms with Crippen molar-refractivity contribution < 1.29 is 4.42 Å². The molecule has 0 fully saturated rings. The molecule has 0 amide bonds. The van der Waals surface area contributed by atoms with Gasteiger partial charge in [-0.05, 0) is 43.7 Å². The highest BCUT2D eigenvalue weighted by molar-refractivity contribution is 7.98. The highest BCUT2D eigenvalue weighted by Gasteiger charge is 2.19. The molecule has 6 aromatic rings. The Balaban J connectivity index is 1.40. The van der Waals surface area contributed by atoms with Crippen LogP contribution in [0.3, 0.4) is 0 Å². The Morgan fingerprint density at radius 3 is 2.58 bits per heavy atom. The van der Waals surface area contributed by atoms with E-state index in [2.05, 4.69) is 40.6 Å². The lowest BCUT2D eigenvalue weighted by Crippen LogP contribution is -1.98. The number of oxazole rings is 1. The van der Waals surface area contributed by atoms with Crippen molar-refractivity contribution in [2.24, 2.45) is 0 Å². The van der Waals surface area contributed by atoms with Crippen LogP contribution in [0.4, 0.5) is 0 Å². The first-order chi connectivity index (χ1) is 15.2. The van der Waals surface area contributed by atoms with E-state index < -0.39 is 0 Å². The van der Waals surface area contributed by atoms with Crippen molar-refractivity contribution in [1.82, 2.24) is 29.1 Å². The van der Waals surface area contributed by atoms with Crippen LogP contribution in [-0.2, 0) is 5.75 Å². The predicted molar refractivity (Wildman–Crippen MR) is 121 cm³/mol. The monoisotopic (exact) mass is 426 g/mol. The third-order valence-electron chi connectivity index (χ3n) is 5.49. The van der Waals surface area contributed by atoms with Crippen LogP contribution < -0.4 is 0 Å². The summed E-state index contributed by atoms with van der Waals surface area (Å²) in [5.41, 5.74) is 6.73. The van der Waals surface area contributed by atoms with E-state index in [1.807, 2.05) is 42.5 Å². The predicted octanol–water partition coefficient (Wildman–Crippen LogP) is 5.12. The van der Waals surface area contributed by atoms with Crippen LogP contribution in [0, 0.1) is 13.8 Å². The highest BCUT2D eigenvalue weighted by Crippen LogP contribution is 2.30. The number of para-hydroxylation sites is 3. The van der Waals surface area contributed by atoms with Gasteiger partial charge in [0.15, 0.2) is 22.7 Å². The molecular formula is C23H18N6OS. The first-order valence-electron chi connectivity index (χ1n) is 9.95. The van der Waals surface area contributed by atoms with E-state index in [1.54, 1.807) is 10.8 Å². The molecule has 0 saturated carbocycles. The molecule has 0 atom stereocenters. The Morgan fingerprint density at radius 2 is 1.74 bits per heavy atom. The zero-order valence-corrected chi connectivity index (χ0v) is 17.8. The van der Waals surface area contributed by atoms with Gasteiger partial charge >= 0.3 is 0 Å². The number of aryl methyl sites for hydroxylation is 1. The minimum Gasteiger partial charge on any atom is -0.431 e. The van der Waals surface area contributed by atoms with Gasteiger partial charge in [0.25, 0.3) is 5.22 Å². The van der Waals surface area contributed by atoms with E-state index >= 15 is 0 Å². The molecule has 4 aromatic heterocycles. The van der Waals surface area contributed by atoms with Crippen LogP contribution in [0.25, 0.3) is 33.5 Å². The molecular weight excluding hydrogens is 408 g/mol. The third kappa shape index (κ3) is 2.90. The topological polar surface area (TPSA) is 74.0 Å². The molecule has 0 radical (unpaired) electrons. The van der Waals surface area contributed by atoms with E-state index in [9.17, 15) is 0 Å². The van der Waals surface area contributed by atoms with E-state index in [-0.39, 0.29) is 0 Å². The Hall–Kier alpha value is -3.65. The molecule has 0 unspecified atom stereocenters. The Kier molecular flexibility index (Phi) is 4.07. The maximum Gasteiger partial charge on any atom is 0.257 e. The van der Waals surface area contributed by atoms with E-state index in [4.69, 9.17) is 14.4 Å². The van der Waals surface area contributed by atoms with Gasteiger partial charge in [0.1, 0.15) is 11.8 Å². The average molecular weight is 427 g/mol. The maximum absolute atomic E-state index is 5.80. The van der Waals surface area contributed by atoms with Gasteiger partial charge in [-0.15, -0.1) is 5.10 Å². The Morgan fingerprint density at radius 1 is 0.935 bits per heavy atom. The van der Waals surface area contributed by atoms with Gasteiger partial charge in [-0.25, -0.2) is 19.5 Å². The molecule has 0 N–H and O–H groups in total. The van der Waals surface area contributed by atoms with Crippen LogP contribution in [0.15, 0.2) is 70.6 Å². The quantitative estimate of drug-likeness (QED) is 0.364. The molecule has 7 nitrogen and oxygen atoms in total. The van der Waals surface area contributed by atoms with Crippen LogP contribution in [-0.4, -0.2) is 29.1 Å². The van der Waals surface area contributed by atoms with Crippen molar-refractivity contribution in [2.45, 2.75) is 24.8 Å². The fourth-order valence-electron chi connectivity index (χ4n) is 3.90. The van der Waals surface area contributed by atoms with Crippen molar-refractivity contribution in [3.8, 4) is 5.69 Å². The summed E-state index contributed by atoms with van der Waals surface area (Å²) >= 11 is 1.49. The number of hydrogen-bond acceptors (Lipinski definition) is 6. The summed E-state index contributed by atoms with van der Waals surface area (Å²) in [5.74, 6) is 1.28. The van der Waals surface area contributed by atoms with Crippen LogP contribution in [0.2, 0.25) is 0 Å². The van der Waals surface area contributed by atoms with Crippen LogP contribution >= 0.6 is 11.8 Å². The smallest absolute Gasteiger partial charge is 0.257 e. The molecule has 0 aliphatic heterocycles. The first kappa shape index (κ1) is 18.1. The minimum absolute atomic E-state index is 0.563. The number of benzene rings is 2. The van der Waals surface area contributed by atoms with E-state index in [1.165, 1.54) is 11.8 Å². The number of fused-ring (bicyclic) bond motifs is 4. The van der Waals surface area contributed by atoms with Crippen molar-refractivity contribution in [3.05, 3.63) is 78.0 Å².